The van der Waals surface area contributed by atoms with Gasteiger partial charge in [-0.15, -0.1) is 0 Å². The van der Waals surface area contributed by atoms with E-state index in [9.17, 15) is 9.59 Å². The van der Waals surface area contributed by atoms with Gasteiger partial charge in [0.05, 0.1) is 5.69 Å². The van der Waals surface area contributed by atoms with Crippen LogP contribution >= 0.6 is 0 Å². The molecule has 2 aromatic heterocycles. The van der Waals surface area contributed by atoms with Crippen molar-refractivity contribution in [3.05, 3.63) is 45.7 Å². The Hall–Kier alpha value is -2.37. The maximum absolute atomic E-state index is 12.9. The average Bonchev–Trinajstić information content (AvgIpc) is 3.07. The normalized spacial score (nSPS) is 16.8. The lowest BCUT2D eigenvalue weighted by atomic mass is 9.97. The van der Waals surface area contributed by atoms with E-state index in [2.05, 4.69) is 16.5 Å². The molecular formula is C21H28N4O2. The second kappa shape index (κ2) is 8.11. The molecule has 0 atom stereocenters. The van der Waals surface area contributed by atoms with Gasteiger partial charge in [0.15, 0.2) is 0 Å². The van der Waals surface area contributed by atoms with E-state index in [1.807, 2.05) is 6.20 Å². The first-order valence-corrected chi connectivity index (χ1v) is 10.3. The molecule has 0 fully saturated rings. The number of carbonyl (C=O) groups excluding carboxylic acids is 1. The summed E-state index contributed by atoms with van der Waals surface area (Å²) in [5.74, 6) is 0.00807. The fourth-order valence-corrected chi connectivity index (χ4v) is 4.24. The van der Waals surface area contributed by atoms with Crippen LogP contribution in [0.1, 0.15) is 62.6 Å². The van der Waals surface area contributed by atoms with E-state index in [4.69, 9.17) is 0 Å². The number of nitrogens with zero attached hydrogens (tertiary/aromatic N) is 3. The number of aryl methyl sites for hydroxylation is 3. The van der Waals surface area contributed by atoms with Gasteiger partial charge >= 0.3 is 0 Å². The van der Waals surface area contributed by atoms with Crippen LogP contribution in [0.25, 0.3) is 5.52 Å². The van der Waals surface area contributed by atoms with Crippen LogP contribution in [0.5, 0.6) is 0 Å². The van der Waals surface area contributed by atoms with Crippen molar-refractivity contribution in [3.8, 4) is 0 Å². The number of fused-ring (bicyclic) bond motifs is 3. The first-order valence-electron chi connectivity index (χ1n) is 10.3. The van der Waals surface area contributed by atoms with E-state index in [1.165, 1.54) is 31.3 Å². The highest BCUT2D eigenvalue weighted by atomic mass is 16.1. The number of hydrogen-bond acceptors (Lipinski definition) is 3. The molecule has 2 aromatic rings. The third kappa shape index (κ3) is 3.99. The summed E-state index contributed by atoms with van der Waals surface area (Å²) >= 11 is 0. The molecule has 6 nitrogen and oxygen atoms in total. The third-order valence-electron chi connectivity index (χ3n) is 5.77. The minimum Gasteiger partial charge on any atom is -0.356 e. The van der Waals surface area contributed by atoms with E-state index in [0.29, 0.717) is 25.0 Å². The van der Waals surface area contributed by atoms with Gasteiger partial charge in [0.1, 0.15) is 5.52 Å². The lowest BCUT2D eigenvalue weighted by Gasteiger charge is -2.13. The van der Waals surface area contributed by atoms with Crippen LogP contribution in [0.4, 0.5) is 0 Å². The maximum Gasteiger partial charge on any atom is 0.276 e. The smallest absolute Gasteiger partial charge is 0.276 e. The predicted octanol–water partition coefficient (Wildman–Crippen LogP) is 2.77. The lowest BCUT2D eigenvalue weighted by Crippen LogP contribution is -2.29. The van der Waals surface area contributed by atoms with Crippen molar-refractivity contribution in [2.24, 2.45) is 0 Å². The van der Waals surface area contributed by atoms with Gasteiger partial charge in [-0.3, -0.25) is 9.59 Å². The molecule has 0 saturated heterocycles. The van der Waals surface area contributed by atoms with Gasteiger partial charge in [-0.05, 0) is 57.8 Å². The SMILES string of the molecule is O=C(CCn1ccn2nc3c(c2c1=O)CCCC3)NCCC1=CCCCC1. The van der Waals surface area contributed by atoms with Crippen molar-refractivity contribution in [1.29, 1.82) is 0 Å². The van der Waals surface area contributed by atoms with E-state index in [1.54, 1.807) is 15.3 Å². The minimum absolute atomic E-state index is 0.00807. The highest BCUT2D eigenvalue weighted by Gasteiger charge is 2.19. The fourth-order valence-electron chi connectivity index (χ4n) is 4.24. The van der Waals surface area contributed by atoms with Crippen molar-refractivity contribution in [1.82, 2.24) is 19.5 Å². The molecule has 144 valence electrons. The standard InChI is InChI=1S/C21H28N4O2/c26-19(22-12-10-16-6-2-1-3-7-16)11-13-24-14-15-25-20(21(24)27)17-8-4-5-9-18(17)23-25/h6,14-15H,1-5,7-13H2,(H,22,26). The zero-order valence-corrected chi connectivity index (χ0v) is 15.9. The van der Waals surface area contributed by atoms with E-state index < -0.39 is 0 Å². The summed E-state index contributed by atoms with van der Waals surface area (Å²) in [7, 11) is 0. The Labute approximate surface area is 159 Å². The summed E-state index contributed by atoms with van der Waals surface area (Å²) in [6.07, 6.45) is 16.2. The molecule has 1 amide bonds. The summed E-state index contributed by atoms with van der Waals surface area (Å²) < 4.78 is 3.36. The largest absolute Gasteiger partial charge is 0.356 e. The minimum atomic E-state index is -0.0340. The van der Waals surface area contributed by atoms with Gasteiger partial charge in [0.25, 0.3) is 5.56 Å². The molecule has 0 bridgehead atoms. The molecule has 0 saturated carbocycles. The number of nitrogens with one attached hydrogen (secondary N) is 1. The molecular weight excluding hydrogens is 340 g/mol. The van der Waals surface area contributed by atoms with Crippen molar-refractivity contribution in [3.63, 3.8) is 0 Å². The van der Waals surface area contributed by atoms with Crippen LogP contribution in [0.15, 0.2) is 28.8 Å². The topological polar surface area (TPSA) is 68.4 Å². The highest BCUT2D eigenvalue weighted by Crippen LogP contribution is 2.22. The Morgan fingerprint density at radius 1 is 1.11 bits per heavy atom. The number of carbonyl (C=O) groups is 1. The summed E-state index contributed by atoms with van der Waals surface area (Å²) in [6.45, 7) is 1.10. The molecule has 4 rings (SSSR count). The quantitative estimate of drug-likeness (QED) is 0.797. The number of rotatable bonds is 6. The Kier molecular flexibility index (Phi) is 5.41. The molecule has 27 heavy (non-hydrogen) atoms. The van der Waals surface area contributed by atoms with Gasteiger partial charge in [-0.1, -0.05) is 11.6 Å². The van der Waals surface area contributed by atoms with Gasteiger partial charge in [0.2, 0.25) is 5.91 Å². The molecule has 0 unspecified atom stereocenters. The van der Waals surface area contributed by atoms with Crippen LogP contribution in [0.2, 0.25) is 0 Å². The number of hydrogen-bond donors (Lipinski definition) is 1. The van der Waals surface area contributed by atoms with Crippen molar-refractivity contribution in [2.45, 2.75) is 70.8 Å². The van der Waals surface area contributed by atoms with Gasteiger partial charge in [0, 0.05) is 37.5 Å². The van der Waals surface area contributed by atoms with Gasteiger partial charge in [-0.2, -0.15) is 5.10 Å². The predicted molar refractivity (Wildman–Crippen MR) is 105 cm³/mol. The van der Waals surface area contributed by atoms with Crippen molar-refractivity contribution in [2.75, 3.05) is 6.54 Å². The lowest BCUT2D eigenvalue weighted by molar-refractivity contribution is -0.121. The molecule has 2 aliphatic carbocycles. The molecule has 2 heterocycles. The highest BCUT2D eigenvalue weighted by molar-refractivity contribution is 5.75. The van der Waals surface area contributed by atoms with Crippen LogP contribution < -0.4 is 10.9 Å². The molecule has 0 spiro atoms. The van der Waals surface area contributed by atoms with Crippen LogP contribution in [0.3, 0.4) is 0 Å². The monoisotopic (exact) mass is 368 g/mol. The zero-order chi connectivity index (χ0) is 18.6. The molecule has 0 radical (unpaired) electrons. The first-order chi connectivity index (χ1) is 13.2. The molecule has 6 heteroatoms. The third-order valence-corrected chi connectivity index (χ3v) is 5.77. The fraction of sp³-hybridized carbons (Fsp3) is 0.571. The Balaban J connectivity index is 1.36. The zero-order valence-electron chi connectivity index (χ0n) is 15.9. The van der Waals surface area contributed by atoms with Gasteiger partial charge in [-0.25, -0.2) is 4.52 Å². The summed E-state index contributed by atoms with van der Waals surface area (Å²) in [6, 6.07) is 0. The molecule has 2 aliphatic rings. The van der Waals surface area contributed by atoms with Gasteiger partial charge < -0.3 is 9.88 Å². The number of allylic oxidation sites excluding steroid dienone is 1. The molecule has 1 N–H and O–H groups in total. The van der Waals surface area contributed by atoms with Crippen LogP contribution in [-0.4, -0.2) is 26.6 Å². The number of aromatic nitrogens is 3. The average molecular weight is 368 g/mol. The summed E-state index contributed by atoms with van der Waals surface area (Å²) in [5.41, 5.74) is 4.29. The maximum atomic E-state index is 12.9. The Morgan fingerprint density at radius 3 is 2.81 bits per heavy atom. The second-order valence-electron chi connectivity index (χ2n) is 7.68. The van der Waals surface area contributed by atoms with E-state index in [-0.39, 0.29) is 11.5 Å². The van der Waals surface area contributed by atoms with E-state index >= 15 is 0 Å². The summed E-state index contributed by atoms with van der Waals surface area (Å²) in [5, 5.41) is 7.54. The molecule has 0 aromatic carbocycles. The first kappa shape index (κ1) is 18.0. The van der Waals surface area contributed by atoms with Crippen molar-refractivity contribution < 1.29 is 4.79 Å². The Bertz CT molecular complexity index is 922. The van der Waals surface area contributed by atoms with Crippen molar-refractivity contribution >= 4 is 11.4 Å². The number of amides is 1. The summed E-state index contributed by atoms with van der Waals surface area (Å²) in [4.78, 5) is 25.0. The van der Waals surface area contributed by atoms with Crippen LogP contribution in [-0.2, 0) is 24.2 Å². The molecule has 0 aliphatic heterocycles. The Morgan fingerprint density at radius 2 is 1.96 bits per heavy atom. The van der Waals surface area contributed by atoms with E-state index in [0.717, 1.165) is 43.4 Å². The second-order valence-corrected chi connectivity index (χ2v) is 7.68. The van der Waals surface area contributed by atoms with Crippen LogP contribution in [0, 0.1) is 0 Å².